The highest BCUT2D eigenvalue weighted by Crippen LogP contribution is 2.12. The number of thiocarbonyl (C=S) groups is 1. The van der Waals surface area contributed by atoms with E-state index in [1.807, 2.05) is 20.8 Å². The van der Waals surface area contributed by atoms with Crippen molar-refractivity contribution in [2.45, 2.75) is 51.8 Å². The number of amides is 1. The number of carbonyl (C=O) groups is 1. The van der Waals surface area contributed by atoms with Crippen LogP contribution < -0.4 is 11.1 Å². The van der Waals surface area contributed by atoms with E-state index in [1.165, 1.54) is 0 Å². The molecule has 1 rings (SSSR count). The minimum Gasteiger partial charge on any atom is -0.391 e. The van der Waals surface area contributed by atoms with Crippen molar-refractivity contribution in [1.82, 2.24) is 10.2 Å². The van der Waals surface area contributed by atoms with Gasteiger partial charge in [-0.1, -0.05) is 19.1 Å². The van der Waals surface area contributed by atoms with Gasteiger partial charge in [-0.05, 0) is 27.2 Å². The first-order chi connectivity index (χ1) is 8.76. The van der Waals surface area contributed by atoms with E-state index in [0.29, 0.717) is 18.1 Å². The molecule has 1 saturated heterocycles. The lowest BCUT2D eigenvalue weighted by Crippen LogP contribution is -2.57. The number of carbonyl (C=O) groups excluding carboxylic acids is 1. The molecule has 1 heterocycles. The fourth-order valence-electron chi connectivity index (χ4n) is 1.89. The molecule has 1 fully saturated rings. The maximum absolute atomic E-state index is 12.2. The maximum Gasteiger partial charge on any atom is 0.237 e. The lowest BCUT2D eigenvalue weighted by atomic mass is 10.0. The predicted molar refractivity (Wildman–Crippen MR) is 80.1 cm³/mol. The average molecular weight is 287 g/mol. The Morgan fingerprint density at radius 2 is 2.26 bits per heavy atom. The Morgan fingerprint density at radius 1 is 1.63 bits per heavy atom. The third-order valence-electron chi connectivity index (χ3n) is 3.69. The Morgan fingerprint density at radius 3 is 2.79 bits per heavy atom. The Hall–Kier alpha value is -0.720. The predicted octanol–water partition coefficient (Wildman–Crippen LogP) is 0.667. The lowest BCUT2D eigenvalue weighted by Gasteiger charge is -2.37. The first-order valence-electron chi connectivity index (χ1n) is 6.74. The van der Waals surface area contributed by atoms with Crippen LogP contribution >= 0.6 is 12.2 Å². The van der Waals surface area contributed by atoms with Crippen LogP contribution in [0.5, 0.6) is 0 Å². The summed E-state index contributed by atoms with van der Waals surface area (Å²) in [5.74, 6) is 0.0374. The molecule has 6 heteroatoms. The number of hydrogen-bond acceptors (Lipinski definition) is 4. The van der Waals surface area contributed by atoms with Gasteiger partial charge in [-0.2, -0.15) is 0 Å². The molecule has 1 amide bonds. The molecule has 0 aromatic heterocycles. The lowest BCUT2D eigenvalue weighted by molar-refractivity contribution is -0.129. The van der Waals surface area contributed by atoms with Gasteiger partial charge in [-0.15, -0.1) is 0 Å². The Balaban J connectivity index is 2.59. The zero-order chi connectivity index (χ0) is 14.6. The van der Waals surface area contributed by atoms with Crippen LogP contribution in [0.2, 0.25) is 0 Å². The van der Waals surface area contributed by atoms with E-state index in [0.717, 1.165) is 13.0 Å². The van der Waals surface area contributed by atoms with Gasteiger partial charge in [-0.25, -0.2) is 0 Å². The SMILES string of the molecule is CCC(C)(C)NC(=O)C(C)N1CCOC(C(N)=S)C1. The third kappa shape index (κ3) is 4.71. The summed E-state index contributed by atoms with van der Waals surface area (Å²) in [5.41, 5.74) is 5.43. The summed E-state index contributed by atoms with van der Waals surface area (Å²) in [6.07, 6.45) is 0.641. The highest BCUT2D eigenvalue weighted by Gasteiger charge is 2.30. The molecule has 110 valence electrons. The van der Waals surface area contributed by atoms with Gasteiger partial charge in [0.05, 0.1) is 12.6 Å². The second-order valence-corrected chi connectivity index (χ2v) is 6.13. The summed E-state index contributed by atoms with van der Waals surface area (Å²) < 4.78 is 5.48. The Kier molecular flexibility index (Phi) is 5.70. The molecule has 0 bridgehead atoms. The minimum absolute atomic E-state index is 0.0374. The van der Waals surface area contributed by atoms with E-state index in [9.17, 15) is 4.79 Å². The fourth-order valence-corrected chi connectivity index (χ4v) is 2.03. The summed E-state index contributed by atoms with van der Waals surface area (Å²) in [5, 5.41) is 3.06. The van der Waals surface area contributed by atoms with Gasteiger partial charge in [0.15, 0.2) is 0 Å². The molecule has 0 aromatic carbocycles. The van der Waals surface area contributed by atoms with Gasteiger partial charge in [0.2, 0.25) is 5.91 Å². The fraction of sp³-hybridized carbons (Fsp3) is 0.846. The smallest absolute Gasteiger partial charge is 0.237 e. The maximum atomic E-state index is 12.2. The van der Waals surface area contributed by atoms with Crippen molar-refractivity contribution in [3.05, 3.63) is 0 Å². The van der Waals surface area contributed by atoms with E-state index in [-0.39, 0.29) is 23.6 Å². The van der Waals surface area contributed by atoms with Crippen LogP contribution in [0.4, 0.5) is 0 Å². The summed E-state index contributed by atoms with van der Waals surface area (Å²) in [6, 6.07) is -0.202. The number of morpholine rings is 1. The molecule has 2 unspecified atom stereocenters. The monoisotopic (exact) mass is 287 g/mol. The quantitative estimate of drug-likeness (QED) is 0.727. The minimum atomic E-state index is -0.252. The molecule has 0 aromatic rings. The van der Waals surface area contributed by atoms with Crippen molar-refractivity contribution in [3.63, 3.8) is 0 Å². The van der Waals surface area contributed by atoms with Gasteiger partial charge < -0.3 is 15.8 Å². The Bertz CT molecular complexity index is 347. The number of hydrogen-bond donors (Lipinski definition) is 2. The van der Waals surface area contributed by atoms with Crippen molar-refractivity contribution in [1.29, 1.82) is 0 Å². The summed E-state index contributed by atoms with van der Waals surface area (Å²) in [7, 11) is 0. The van der Waals surface area contributed by atoms with Gasteiger partial charge in [-0.3, -0.25) is 9.69 Å². The summed E-state index contributed by atoms with van der Waals surface area (Å²) in [4.78, 5) is 14.7. The van der Waals surface area contributed by atoms with Crippen molar-refractivity contribution in [2.75, 3.05) is 19.7 Å². The van der Waals surface area contributed by atoms with Gasteiger partial charge >= 0.3 is 0 Å². The molecule has 2 atom stereocenters. The van der Waals surface area contributed by atoms with E-state index in [2.05, 4.69) is 17.1 Å². The van der Waals surface area contributed by atoms with Crippen LogP contribution in [-0.4, -0.2) is 53.2 Å². The van der Waals surface area contributed by atoms with Crippen LogP contribution in [0, 0.1) is 0 Å². The van der Waals surface area contributed by atoms with Crippen molar-refractivity contribution in [3.8, 4) is 0 Å². The molecule has 0 spiro atoms. The second-order valence-electron chi connectivity index (χ2n) is 5.66. The van der Waals surface area contributed by atoms with Crippen LogP contribution in [0.3, 0.4) is 0 Å². The van der Waals surface area contributed by atoms with Crippen LogP contribution in [0.1, 0.15) is 34.1 Å². The number of nitrogens with one attached hydrogen (secondary N) is 1. The first kappa shape index (κ1) is 16.3. The standard InChI is InChI=1S/C13H25N3O2S/c1-5-13(3,4)15-12(17)9(2)16-6-7-18-10(8-16)11(14)19/h9-10H,5-8H2,1-4H3,(H2,14,19)(H,15,17). The average Bonchev–Trinajstić information content (AvgIpc) is 2.37. The topological polar surface area (TPSA) is 67.6 Å². The van der Waals surface area contributed by atoms with Gasteiger partial charge in [0.25, 0.3) is 0 Å². The van der Waals surface area contributed by atoms with Gasteiger partial charge in [0.1, 0.15) is 11.1 Å². The van der Waals surface area contributed by atoms with Gasteiger partial charge in [0, 0.05) is 18.6 Å². The number of ether oxygens (including phenoxy) is 1. The van der Waals surface area contributed by atoms with Crippen molar-refractivity contribution in [2.24, 2.45) is 5.73 Å². The second kappa shape index (κ2) is 6.63. The zero-order valence-corrected chi connectivity index (χ0v) is 13.0. The molecule has 1 aliphatic rings. The molecule has 0 radical (unpaired) electrons. The molecular weight excluding hydrogens is 262 g/mol. The number of rotatable bonds is 5. The van der Waals surface area contributed by atoms with E-state index < -0.39 is 0 Å². The third-order valence-corrected chi connectivity index (χ3v) is 3.95. The van der Waals surface area contributed by atoms with E-state index in [4.69, 9.17) is 22.7 Å². The normalized spacial score (nSPS) is 22.8. The first-order valence-corrected chi connectivity index (χ1v) is 7.14. The molecule has 3 N–H and O–H groups in total. The Labute approximate surface area is 120 Å². The van der Waals surface area contributed by atoms with Crippen LogP contribution in [0.15, 0.2) is 0 Å². The van der Waals surface area contributed by atoms with Crippen molar-refractivity contribution >= 4 is 23.1 Å². The number of nitrogens with zero attached hydrogens (tertiary/aromatic N) is 1. The summed E-state index contributed by atoms with van der Waals surface area (Å²) >= 11 is 4.95. The van der Waals surface area contributed by atoms with E-state index in [1.54, 1.807) is 0 Å². The van der Waals surface area contributed by atoms with Crippen molar-refractivity contribution < 1.29 is 9.53 Å². The van der Waals surface area contributed by atoms with Crippen LogP contribution in [0.25, 0.3) is 0 Å². The number of nitrogens with two attached hydrogens (primary N) is 1. The highest BCUT2D eigenvalue weighted by atomic mass is 32.1. The zero-order valence-electron chi connectivity index (χ0n) is 12.2. The largest absolute Gasteiger partial charge is 0.391 e. The van der Waals surface area contributed by atoms with E-state index >= 15 is 0 Å². The molecule has 1 aliphatic heterocycles. The molecule has 0 saturated carbocycles. The highest BCUT2D eigenvalue weighted by molar-refractivity contribution is 7.80. The molecule has 0 aliphatic carbocycles. The molecular formula is C13H25N3O2S. The van der Waals surface area contributed by atoms with Crippen LogP contribution in [-0.2, 0) is 9.53 Å². The molecule has 19 heavy (non-hydrogen) atoms. The summed E-state index contributed by atoms with van der Waals surface area (Å²) in [6.45, 7) is 9.86. The molecule has 5 nitrogen and oxygen atoms in total.